The van der Waals surface area contributed by atoms with Crippen LogP contribution in [0.3, 0.4) is 0 Å². The van der Waals surface area contributed by atoms with Crippen LogP contribution in [0.1, 0.15) is 70.1 Å². The highest BCUT2D eigenvalue weighted by Gasteiger charge is 2.40. The number of ketones is 1. The smallest absolute Gasteiger partial charge is 0.497 e. The maximum atomic E-state index is 14.5. The summed E-state index contributed by atoms with van der Waals surface area (Å²) in [7, 11) is -0.521. The Hall–Kier alpha value is -5.61. The first-order chi connectivity index (χ1) is 31.0. The van der Waals surface area contributed by atoms with Gasteiger partial charge in [-0.05, 0) is 121 Å². The Balaban J connectivity index is 1.21. The molecule has 322 valence electrons. The second-order valence-corrected chi connectivity index (χ2v) is 18.5. The molecule has 0 unspecified atom stereocenters. The Labute approximate surface area is 379 Å². The van der Waals surface area contributed by atoms with Crippen molar-refractivity contribution in [3.05, 3.63) is 227 Å². The van der Waals surface area contributed by atoms with E-state index in [0.29, 0.717) is 35.3 Å². The van der Waals surface area contributed by atoms with Crippen LogP contribution in [0, 0.1) is 0 Å². The highest BCUT2D eigenvalue weighted by atomic mass is 35.5. The Kier molecular flexibility index (Phi) is 16.7. The van der Waals surface area contributed by atoms with Crippen LogP contribution in [-0.4, -0.2) is 46.3 Å². The quantitative estimate of drug-likeness (QED) is 0.0362. The summed E-state index contributed by atoms with van der Waals surface area (Å²) >= 11 is 6.28. The maximum Gasteiger partial charge on any atom is 0.650 e. The average Bonchev–Trinajstić information content (AvgIpc) is 3.35. The van der Waals surface area contributed by atoms with E-state index >= 15 is 0 Å². The van der Waals surface area contributed by atoms with Crippen molar-refractivity contribution in [3.8, 4) is 11.5 Å². The minimum absolute atomic E-state index is 0.0185. The van der Waals surface area contributed by atoms with Gasteiger partial charge in [0, 0.05) is 45.4 Å². The van der Waals surface area contributed by atoms with E-state index in [1.807, 2.05) is 72.8 Å². The summed E-state index contributed by atoms with van der Waals surface area (Å²) in [5.74, 6) is 1.66. The number of ether oxygens (including phenoxy) is 2. The predicted octanol–water partition coefficient (Wildman–Crippen LogP) is 13.6. The van der Waals surface area contributed by atoms with Crippen LogP contribution in [0.2, 0.25) is 5.02 Å². The zero-order chi connectivity index (χ0) is 43.7. The van der Waals surface area contributed by atoms with Gasteiger partial charge in [-0.2, -0.15) is 0 Å². The second kappa shape index (κ2) is 23.2. The molecule has 0 aliphatic heterocycles. The predicted molar refractivity (Wildman–Crippen MR) is 257 cm³/mol. The molecule has 0 radical (unpaired) electrons. The lowest BCUT2D eigenvalue weighted by Crippen LogP contribution is -2.32. The van der Waals surface area contributed by atoms with Crippen molar-refractivity contribution in [3.63, 3.8) is 0 Å². The van der Waals surface area contributed by atoms with Gasteiger partial charge in [-0.1, -0.05) is 143 Å². The van der Waals surface area contributed by atoms with Crippen molar-refractivity contribution in [2.24, 2.45) is 0 Å². The van der Waals surface area contributed by atoms with Crippen molar-refractivity contribution in [1.29, 1.82) is 0 Å². The van der Waals surface area contributed by atoms with E-state index in [4.69, 9.17) is 34.5 Å². The Morgan fingerprint density at radius 1 is 0.508 bits per heavy atom. The van der Waals surface area contributed by atoms with E-state index in [1.54, 1.807) is 38.5 Å². The van der Waals surface area contributed by atoms with Crippen molar-refractivity contribution in [2.45, 2.75) is 47.3 Å². The third kappa shape index (κ3) is 12.3. The fourth-order valence-corrected chi connectivity index (χ4v) is 11.0. The highest BCUT2D eigenvalue weighted by Crippen LogP contribution is 2.64. The molecule has 0 aliphatic carbocycles. The van der Waals surface area contributed by atoms with Gasteiger partial charge >= 0.3 is 7.32 Å². The van der Waals surface area contributed by atoms with Gasteiger partial charge in [0.1, 0.15) is 11.5 Å². The SMILES string of the molecule is COc1ccc(S(CC(=O)c2ccc(Cl)cc2)(OB(OCCCC(c2ccccc2)c2ccccc2)OCCCC(c2ccccc2)c2ccccc2)c2ccc(OC)cc2)cc1. The van der Waals surface area contributed by atoms with Crippen molar-refractivity contribution < 1.29 is 27.7 Å². The summed E-state index contributed by atoms with van der Waals surface area (Å²) in [6.07, 6.45) is 3.17. The number of carbonyl (C=O) groups is 1. The molecule has 0 heterocycles. The number of halogens is 1. The third-order valence-electron chi connectivity index (χ3n) is 11.2. The minimum Gasteiger partial charge on any atom is -0.497 e. The van der Waals surface area contributed by atoms with Crippen LogP contribution in [0.5, 0.6) is 11.5 Å². The number of rotatable bonds is 23. The molecule has 0 bridgehead atoms. The van der Waals surface area contributed by atoms with E-state index in [2.05, 4.69) is 97.1 Å². The normalized spacial score (nSPS) is 11.7. The second-order valence-electron chi connectivity index (χ2n) is 15.3. The van der Waals surface area contributed by atoms with E-state index in [0.717, 1.165) is 35.5 Å². The summed E-state index contributed by atoms with van der Waals surface area (Å²) in [4.78, 5) is 16.2. The van der Waals surface area contributed by atoms with E-state index in [9.17, 15) is 4.79 Å². The zero-order valence-electron chi connectivity index (χ0n) is 35.9. The maximum absolute atomic E-state index is 14.5. The van der Waals surface area contributed by atoms with Gasteiger partial charge in [-0.25, -0.2) is 0 Å². The van der Waals surface area contributed by atoms with Crippen LogP contribution in [0.15, 0.2) is 204 Å². The molecular formula is C54H54BClO6S. The molecule has 7 rings (SSSR count). The number of carbonyl (C=O) groups excluding carboxylic acids is 1. The Morgan fingerprint density at radius 2 is 0.873 bits per heavy atom. The topological polar surface area (TPSA) is 63.2 Å². The van der Waals surface area contributed by atoms with Crippen LogP contribution in [0.25, 0.3) is 0 Å². The number of methoxy groups -OCH3 is 2. The van der Waals surface area contributed by atoms with E-state index in [-0.39, 0.29) is 23.4 Å². The van der Waals surface area contributed by atoms with Gasteiger partial charge in [0.25, 0.3) is 0 Å². The zero-order valence-corrected chi connectivity index (χ0v) is 37.5. The number of hydrogen-bond donors (Lipinski definition) is 0. The lowest BCUT2D eigenvalue weighted by atomic mass is 9.87. The fraction of sp³-hybridized carbons (Fsp3) is 0.204. The van der Waals surface area contributed by atoms with Gasteiger partial charge in [-0.3, -0.25) is 4.79 Å². The summed E-state index contributed by atoms with van der Waals surface area (Å²) in [6, 6.07) is 64.8. The van der Waals surface area contributed by atoms with Gasteiger partial charge in [0.15, 0.2) is 5.78 Å². The molecule has 7 aromatic carbocycles. The molecule has 0 fully saturated rings. The first kappa shape index (κ1) is 45.4. The summed E-state index contributed by atoms with van der Waals surface area (Å²) in [5, 5.41) is 0.553. The van der Waals surface area contributed by atoms with Crippen LogP contribution < -0.4 is 9.47 Å². The van der Waals surface area contributed by atoms with Crippen LogP contribution >= 0.6 is 21.9 Å². The largest absolute Gasteiger partial charge is 0.650 e. The first-order valence-corrected chi connectivity index (χ1v) is 23.6. The summed E-state index contributed by atoms with van der Waals surface area (Å²) in [6.45, 7) is 0.729. The number of hydrogen-bond acceptors (Lipinski definition) is 6. The molecule has 9 heteroatoms. The standard InChI is InChI=1S/C54H54BClO6S/c1-58-48-31-35-50(36-32-48)63(51-37-33-49(59-2)34-38-51,41-54(57)46-27-29-47(56)30-28-46)62-55(60-39-15-25-52(42-17-7-3-8-18-42)43-19-9-4-10-20-43)61-40-16-26-53(44-21-11-5-12-22-44)45-23-13-6-14-24-45/h3-14,17-24,27-38,52-53H,15-16,25-26,39-41H2,1-2H3. The highest BCUT2D eigenvalue weighted by molar-refractivity contribution is 8.31. The molecule has 7 aromatic rings. The molecule has 6 nitrogen and oxygen atoms in total. The van der Waals surface area contributed by atoms with E-state index in [1.165, 1.54) is 22.3 Å². The van der Waals surface area contributed by atoms with Crippen LogP contribution in [-0.2, 0) is 13.4 Å². The van der Waals surface area contributed by atoms with Crippen molar-refractivity contribution in [1.82, 2.24) is 0 Å². The fourth-order valence-electron chi connectivity index (χ4n) is 7.91. The first-order valence-electron chi connectivity index (χ1n) is 21.4. The van der Waals surface area contributed by atoms with Gasteiger partial charge in [-0.15, -0.1) is 0 Å². The van der Waals surface area contributed by atoms with E-state index < -0.39 is 17.6 Å². The monoisotopic (exact) mass is 876 g/mol. The van der Waals surface area contributed by atoms with Crippen molar-refractivity contribution >= 4 is 35.0 Å². The minimum atomic E-state index is -2.68. The molecule has 0 aliphatic rings. The molecule has 0 N–H and O–H groups in total. The summed E-state index contributed by atoms with van der Waals surface area (Å²) in [5.41, 5.74) is 5.54. The Morgan fingerprint density at radius 3 is 1.22 bits per heavy atom. The third-order valence-corrected chi connectivity index (χ3v) is 14.7. The van der Waals surface area contributed by atoms with Gasteiger partial charge in [0.05, 0.1) is 20.0 Å². The Bertz CT molecular complexity index is 2190. The lowest BCUT2D eigenvalue weighted by molar-refractivity contribution is 0.101. The van der Waals surface area contributed by atoms with Gasteiger partial charge in [0.2, 0.25) is 0 Å². The number of Topliss-reactive ketones (excluding diaryl/α,β-unsaturated/α-hetero) is 1. The molecule has 0 aromatic heterocycles. The summed E-state index contributed by atoms with van der Waals surface area (Å²) < 4.78 is 32.0. The molecule has 0 saturated carbocycles. The molecule has 63 heavy (non-hydrogen) atoms. The molecule has 0 spiro atoms. The van der Waals surface area contributed by atoms with Crippen LogP contribution in [0.4, 0.5) is 0 Å². The van der Waals surface area contributed by atoms with Crippen molar-refractivity contribution in [2.75, 3.05) is 33.2 Å². The molecular weight excluding hydrogens is 823 g/mol. The molecule has 0 atom stereocenters. The lowest BCUT2D eigenvalue weighted by Gasteiger charge is -2.41. The molecule has 0 amide bonds. The van der Waals surface area contributed by atoms with Gasteiger partial charge < -0.3 is 22.9 Å². The molecule has 0 saturated heterocycles. The average molecular weight is 877 g/mol. The number of benzene rings is 7.